The van der Waals surface area contributed by atoms with Crippen LogP contribution in [0.3, 0.4) is 0 Å². The molecule has 4 heteroatoms. The maximum atomic E-state index is 11.1. The molecule has 1 saturated heterocycles. The number of aryl methyl sites for hydroxylation is 2. The molecule has 1 heterocycles. The fraction of sp³-hybridized carbons (Fsp3) is 0.611. The fourth-order valence-electron chi connectivity index (χ4n) is 4.56. The Kier molecular flexibility index (Phi) is 3.02. The van der Waals surface area contributed by atoms with Gasteiger partial charge in [0.2, 0.25) is 0 Å². The van der Waals surface area contributed by atoms with Gasteiger partial charge >= 0.3 is 6.09 Å². The normalized spacial score (nSPS) is 24.9. The minimum atomic E-state index is -0.815. The Morgan fingerprint density at radius 2 is 1.73 bits per heavy atom. The van der Waals surface area contributed by atoms with Crippen LogP contribution in [0.2, 0.25) is 0 Å². The number of carboxylic acid groups (broad SMARTS) is 1. The smallest absolute Gasteiger partial charge is 0.407 e. The van der Waals surface area contributed by atoms with E-state index in [0.29, 0.717) is 13.1 Å². The molecule has 1 amide bonds. The van der Waals surface area contributed by atoms with Gasteiger partial charge in [-0.2, -0.15) is 0 Å². The maximum absolute atomic E-state index is 11.1. The molecule has 0 bridgehead atoms. The first-order valence-corrected chi connectivity index (χ1v) is 8.32. The van der Waals surface area contributed by atoms with Gasteiger partial charge in [-0.15, -0.1) is 0 Å². The van der Waals surface area contributed by atoms with E-state index in [4.69, 9.17) is 5.11 Å². The molecule has 1 aliphatic heterocycles. The van der Waals surface area contributed by atoms with Crippen LogP contribution >= 0.6 is 0 Å². The molecule has 3 aliphatic rings. The lowest BCUT2D eigenvalue weighted by atomic mass is 9.63. The monoisotopic (exact) mass is 301 g/mol. The maximum Gasteiger partial charge on any atom is 0.407 e. The first-order valence-electron chi connectivity index (χ1n) is 8.32. The molecule has 4 rings (SSSR count). The average molecular weight is 301 g/mol. The zero-order chi connectivity index (χ0) is 15.4. The molecule has 0 atom stereocenters. The van der Waals surface area contributed by atoms with Crippen molar-refractivity contribution in [2.24, 2.45) is 5.41 Å². The van der Waals surface area contributed by atoms with Crippen molar-refractivity contribution >= 4 is 6.09 Å². The summed E-state index contributed by atoms with van der Waals surface area (Å²) in [5, 5.41) is 20.1. The van der Waals surface area contributed by atoms with Gasteiger partial charge in [0.05, 0.1) is 5.60 Å². The lowest BCUT2D eigenvalue weighted by Gasteiger charge is -2.54. The Labute approximate surface area is 130 Å². The number of benzene rings is 1. The van der Waals surface area contributed by atoms with E-state index >= 15 is 0 Å². The molecule has 1 aromatic carbocycles. The van der Waals surface area contributed by atoms with Crippen LogP contribution in [0.15, 0.2) is 18.2 Å². The van der Waals surface area contributed by atoms with Crippen LogP contribution in [0, 0.1) is 5.41 Å². The Hall–Kier alpha value is -1.55. The summed E-state index contributed by atoms with van der Waals surface area (Å²) >= 11 is 0. The first kappa shape index (κ1) is 14.1. The van der Waals surface area contributed by atoms with Crippen LogP contribution in [0.1, 0.15) is 48.8 Å². The highest BCUT2D eigenvalue weighted by Crippen LogP contribution is 2.50. The van der Waals surface area contributed by atoms with E-state index in [1.165, 1.54) is 28.9 Å². The Balaban J connectivity index is 1.47. The standard InChI is InChI=1S/C18H23NO3/c20-16(21)19-11-17(12-19)6-8-18(22,9-7-17)15-5-4-13-2-1-3-14(13)10-15/h4-5,10,22H,1-3,6-9,11-12H2,(H,20,21). The predicted octanol–water partition coefficient (Wildman–Crippen LogP) is 2.92. The molecule has 118 valence electrons. The van der Waals surface area contributed by atoms with Gasteiger partial charge in [-0.25, -0.2) is 4.79 Å². The summed E-state index contributed by atoms with van der Waals surface area (Å²) in [6.45, 7) is 1.28. The van der Waals surface area contributed by atoms with Crippen molar-refractivity contribution < 1.29 is 15.0 Å². The molecule has 0 radical (unpaired) electrons. The molecular weight excluding hydrogens is 278 g/mol. The second-order valence-electron chi connectivity index (χ2n) is 7.51. The van der Waals surface area contributed by atoms with Crippen molar-refractivity contribution in [1.29, 1.82) is 0 Å². The molecule has 22 heavy (non-hydrogen) atoms. The number of carbonyl (C=O) groups is 1. The number of rotatable bonds is 1. The van der Waals surface area contributed by atoms with Crippen LogP contribution in [0.4, 0.5) is 4.79 Å². The van der Waals surface area contributed by atoms with E-state index in [0.717, 1.165) is 37.7 Å². The molecular formula is C18H23NO3. The predicted molar refractivity (Wildman–Crippen MR) is 82.9 cm³/mol. The fourth-order valence-corrected chi connectivity index (χ4v) is 4.56. The molecule has 2 aliphatic carbocycles. The lowest BCUT2D eigenvalue weighted by molar-refractivity contribution is -0.0873. The summed E-state index contributed by atoms with van der Waals surface area (Å²) in [5.41, 5.74) is 3.33. The van der Waals surface area contributed by atoms with Crippen LogP contribution in [-0.4, -0.2) is 34.3 Å². The van der Waals surface area contributed by atoms with Crippen LogP contribution in [-0.2, 0) is 18.4 Å². The Morgan fingerprint density at radius 1 is 1.05 bits per heavy atom. The quantitative estimate of drug-likeness (QED) is 0.838. The van der Waals surface area contributed by atoms with Gasteiger partial charge in [0.1, 0.15) is 0 Å². The van der Waals surface area contributed by atoms with Gasteiger partial charge in [-0.05, 0) is 61.6 Å². The van der Waals surface area contributed by atoms with E-state index in [1.54, 1.807) is 0 Å². The molecule has 1 saturated carbocycles. The van der Waals surface area contributed by atoms with E-state index in [-0.39, 0.29) is 5.41 Å². The minimum Gasteiger partial charge on any atom is -0.465 e. The highest BCUT2D eigenvalue weighted by molar-refractivity contribution is 5.66. The number of amides is 1. The highest BCUT2D eigenvalue weighted by atomic mass is 16.4. The second kappa shape index (κ2) is 4.72. The summed E-state index contributed by atoms with van der Waals surface area (Å²) in [4.78, 5) is 12.4. The molecule has 0 unspecified atom stereocenters. The van der Waals surface area contributed by atoms with Crippen LogP contribution in [0.5, 0.6) is 0 Å². The van der Waals surface area contributed by atoms with E-state index in [9.17, 15) is 9.90 Å². The van der Waals surface area contributed by atoms with E-state index < -0.39 is 11.7 Å². The van der Waals surface area contributed by atoms with Gasteiger partial charge in [-0.1, -0.05) is 18.2 Å². The van der Waals surface area contributed by atoms with E-state index in [1.807, 2.05) is 0 Å². The third kappa shape index (κ3) is 2.12. The van der Waals surface area contributed by atoms with Crippen molar-refractivity contribution in [3.05, 3.63) is 34.9 Å². The summed E-state index contributed by atoms with van der Waals surface area (Å²) in [6, 6.07) is 6.51. The number of nitrogens with zero attached hydrogens (tertiary/aromatic N) is 1. The molecule has 2 fully saturated rings. The minimum absolute atomic E-state index is 0.126. The lowest BCUT2D eigenvalue weighted by Crippen LogP contribution is -2.60. The van der Waals surface area contributed by atoms with Gasteiger partial charge < -0.3 is 15.1 Å². The zero-order valence-electron chi connectivity index (χ0n) is 12.8. The number of aliphatic hydroxyl groups is 1. The van der Waals surface area contributed by atoms with Crippen molar-refractivity contribution in [3.63, 3.8) is 0 Å². The van der Waals surface area contributed by atoms with Crippen molar-refractivity contribution in [1.82, 2.24) is 4.90 Å². The van der Waals surface area contributed by atoms with Gasteiger partial charge in [-0.3, -0.25) is 0 Å². The van der Waals surface area contributed by atoms with Gasteiger partial charge in [0, 0.05) is 18.5 Å². The molecule has 1 spiro atoms. The summed E-state index contributed by atoms with van der Waals surface area (Å²) in [5.74, 6) is 0. The Bertz CT molecular complexity index is 609. The van der Waals surface area contributed by atoms with Crippen molar-refractivity contribution in [3.8, 4) is 0 Å². The largest absolute Gasteiger partial charge is 0.465 e. The molecule has 2 N–H and O–H groups in total. The Morgan fingerprint density at radius 3 is 2.41 bits per heavy atom. The summed E-state index contributed by atoms with van der Waals surface area (Å²) < 4.78 is 0. The third-order valence-electron chi connectivity index (χ3n) is 6.10. The number of fused-ring (bicyclic) bond motifs is 1. The number of hydrogen-bond acceptors (Lipinski definition) is 2. The van der Waals surface area contributed by atoms with Crippen molar-refractivity contribution in [2.45, 2.75) is 50.5 Å². The number of likely N-dealkylation sites (tertiary alicyclic amines) is 1. The van der Waals surface area contributed by atoms with Crippen LogP contribution < -0.4 is 0 Å². The molecule has 1 aromatic rings. The molecule has 0 aromatic heterocycles. The summed E-state index contributed by atoms with van der Waals surface area (Å²) in [7, 11) is 0. The van der Waals surface area contributed by atoms with Gasteiger partial charge in [0.15, 0.2) is 0 Å². The van der Waals surface area contributed by atoms with Crippen LogP contribution in [0.25, 0.3) is 0 Å². The van der Waals surface area contributed by atoms with Crippen molar-refractivity contribution in [2.75, 3.05) is 13.1 Å². The molecule has 4 nitrogen and oxygen atoms in total. The van der Waals surface area contributed by atoms with E-state index in [2.05, 4.69) is 18.2 Å². The highest BCUT2D eigenvalue weighted by Gasteiger charge is 2.50. The third-order valence-corrected chi connectivity index (χ3v) is 6.10. The zero-order valence-corrected chi connectivity index (χ0v) is 12.8. The summed E-state index contributed by atoms with van der Waals surface area (Å²) in [6.07, 6.45) is 6.06. The van der Waals surface area contributed by atoms with Gasteiger partial charge in [0.25, 0.3) is 0 Å². The topological polar surface area (TPSA) is 60.8 Å². The second-order valence-corrected chi connectivity index (χ2v) is 7.51. The SMILES string of the molecule is O=C(O)N1CC2(CCC(O)(c3ccc4c(c3)CCC4)CC2)C1. The average Bonchev–Trinajstić information content (AvgIpc) is 2.93. The number of hydrogen-bond donors (Lipinski definition) is 2. The first-order chi connectivity index (χ1) is 10.5.